The van der Waals surface area contributed by atoms with Crippen molar-refractivity contribution in [1.29, 1.82) is 0 Å². The Morgan fingerprint density at radius 2 is 1.92 bits per heavy atom. The zero-order valence-corrected chi connectivity index (χ0v) is 6.69. The first kappa shape index (κ1) is 9.22. The van der Waals surface area contributed by atoms with Gasteiger partial charge in [-0.3, -0.25) is 5.10 Å². The van der Waals surface area contributed by atoms with Crippen molar-refractivity contribution in [3.05, 3.63) is 16.6 Å². The van der Waals surface area contributed by atoms with E-state index < -0.39 is 0 Å². The van der Waals surface area contributed by atoms with Crippen LogP contribution in [0.3, 0.4) is 0 Å². The Morgan fingerprint density at radius 3 is 2.58 bits per heavy atom. The Kier molecular flexibility index (Phi) is 2.49. The third-order valence-electron chi connectivity index (χ3n) is 1.27. The van der Waals surface area contributed by atoms with E-state index in [1.165, 1.54) is 6.33 Å². The molecule has 2 rings (SSSR count). The van der Waals surface area contributed by atoms with Crippen LogP contribution in [0.4, 0.5) is 0 Å². The SMILES string of the molecule is C.Clc1ncnc2[nH]nc(Cl)c12. The van der Waals surface area contributed by atoms with E-state index in [-0.39, 0.29) is 7.43 Å². The molecule has 12 heavy (non-hydrogen) atoms. The lowest BCUT2D eigenvalue weighted by molar-refractivity contribution is 1.09. The van der Waals surface area contributed by atoms with Crippen LogP contribution in [0.15, 0.2) is 6.33 Å². The molecule has 64 valence electrons. The van der Waals surface area contributed by atoms with Crippen LogP contribution in [0.25, 0.3) is 11.0 Å². The molecule has 0 bridgehead atoms. The van der Waals surface area contributed by atoms with E-state index >= 15 is 0 Å². The molecule has 0 radical (unpaired) electrons. The molecular weight excluding hydrogens is 199 g/mol. The fourth-order valence-electron chi connectivity index (χ4n) is 0.790. The van der Waals surface area contributed by atoms with Gasteiger partial charge in [-0.05, 0) is 0 Å². The minimum absolute atomic E-state index is 0. The molecule has 6 heteroatoms. The lowest BCUT2D eigenvalue weighted by atomic mass is 10.4. The Balaban J connectivity index is 0.000000720. The summed E-state index contributed by atoms with van der Waals surface area (Å²) in [4.78, 5) is 7.62. The van der Waals surface area contributed by atoms with Gasteiger partial charge in [0, 0.05) is 0 Å². The maximum atomic E-state index is 5.71. The first-order chi connectivity index (χ1) is 5.29. The molecule has 0 unspecified atom stereocenters. The summed E-state index contributed by atoms with van der Waals surface area (Å²) >= 11 is 11.4. The number of H-pyrrole nitrogens is 1. The van der Waals surface area contributed by atoms with Gasteiger partial charge in [0.15, 0.2) is 10.8 Å². The number of aromatic amines is 1. The second-order valence-electron chi connectivity index (χ2n) is 1.90. The van der Waals surface area contributed by atoms with Gasteiger partial charge in [0.25, 0.3) is 0 Å². The summed E-state index contributed by atoms with van der Waals surface area (Å²) in [6.45, 7) is 0. The summed E-state index contributed by atoms with van der Waals surface area (Å²) < 4.78 is 0. The van der Waals surface area contributed by atoms with Crippen LogP contribution >= 0.6 is 23.2 Å². The van der Waals surface area contributed by atoms with Crippen LogP contribution in [-0.2, 0) is 0 Å². The molecule has 0 saturated heterocycles. The Hall–Kier alpha value is -0.870. The number of hydrogen-bond acceptors (Lipinski definition) is 3. The maximum absolute atomic E-state index is 5.71. The summed E-state index contributed by atoms with van der Waals surface area (Å²) in [6.07, 6.45) is 1.35. The molecule has 0 aliphatic carbocycles. The molecular formula is C6H6Cl2N4. The van der Waals surface area contributed by atoms with E-state index in [1.807, 2.05) is 0 Å². The monoisotopic (exact) mass is 204 g/mol. The average Bonchev–Trinajstić information content (AvgIpc) is 2.34. The highest BCUT2D eigenvalue weighted by atomic mass is 35.5. The summed E-state index contributed by atoms with van der Waals surface area (Å²) in [5, 5.41) is 7.50. The minimum atomic E-state index is 0. The minimum Gasteiger partial charge on any atom is -0.259 e. The van der Waals surface area contributed by atoms with Gasteiger partial charge in [-0.1, -0.05) is 30.6 Å². The lowest BCUT2D eigenvalue weighted by Crippen LogP contribution is -1.79. The Morgan fingerprint density at radius 1 is 1.17 bits per heavy atom. The number of nitrogens with zero attached hydrogens (tertiary/aromatic N) is 3. The molecule has 0 fully saturated rings. The zero-order valence-electron chi connectivity index (χ0n) is 5.17. The zero-order chi connectivity index (χ0) is 7.84. The van der Waals surface area contributed by atoms with Crippen molar-refractivity contribution in [2.75, 3.05) is 0 Å². The molecule has 0 aliphatic rings. The Bertz CT molecular complexity index is 397. The van der Waals surface area contributed by atoms with Gasteiger partial charge < -0.3 is 0 Å². The van der Waals surface area contributed by atoms with Gasteiger partial charge >= 0.3 is 0 Å². The first-order valence-corrected chi connectivity index (χ1v) is 3.54. The van der Waals surface area contributed by atoms with E-state index in [1.54, 1.807) is 0 Å². The number of nitrogens with one attached hydrogen (secondary N) is 1. The van der Waals surface area contributed by atoms with E-state index in [9.17, 15) is 0 Å². The van der Waals surface area contributed by atoms with Gasteiger partial charge in [-0.25, -0.2) is 9.97 Å². The van der Waals surface area contributed by atoms with E-state index in [0.29, 0.717) is 21.3 Å². The maximum Gasteiger partial charge on any atom is 0.163 e. The summed E-state index contributed by atoms with van der Waals surface area (Å²) in [7, 11) is 0. The molecule has 0 amide bonds. The van der Waals surface area contributed by atoms with Gasteiger partial charge in [0.1, 0.15) is 11.5 Å². The highest BCUT2D eigenvalue weighted by molar-refractivity contribution is 6.40. The van der Waals surface area contributed by atoms with Crippen molar-refractivity contribution in [1.82, 2.24) is 20.2 Å². The third-order valence-corrected chi connectivity index (χ3v) is 1.83. The first-order valence-electron chi connectivity index (χ1n) is 2.79. The second-order valence-corrected chi connectivity index (χ2v) is 2.62. The quantitative estimate of drug-likeness (QED) is 0.671. The van der Waals surface area contributed by atoms with E-state index in [0.717, 1.165) is 0 Å². The van der Waals surface area contributed by atoms with Crippen molar-refractivity contribution in [3.63, 3.8) is 0 Å². The van der Waals surface area contributed by atoms with Crippen LogP contribution < -0.4 is 0 Å². The molecule has 0 saturated carbocycles. The molecule has 0 aliphatic heterocycles. The van der Waals surface area contributed by atoms with Crippen molar-refractivity contribution in [2.24, 2.45) is 0 Å². The predicted molar refractivity (Wildman–Crippen MR) is 48.4 cm³/mol. The van der Waals surface area contributed by atoms with Gasteiger partial charge in [0.05, 0.1) is 5.39 Å². The van der Waals surface area contributed by atoms with E-state index in [2.05, 4.69) is 20.2 Å². The molecule has 0 aromatic carbocycles. The number of halogens is 2. The fraction of sp³-hybridized carbons (Fsp3) is 0.167. The van der Waals surface area contributed by atoms with Crippen LogP contribution in [0.1, 0.15) is 7.43 Å². The van der Waals surface area contributed by atoms with Crippen LogP contribution in [0.2, 0.25) is 10.3 Å². The average molecular weight is 205 g/mol. The molecule has 2 aromatic rings. The largest absolute Gasteiger partial charge is 0.259 e. The van der Waals surface area contributed by atoms with Gasteiger partial charge in [-0.2, -0.15) is 5.10 Å². The summed E-state index contributed by atoms with van der Waals surface area (Å²) in [5.74, 6) is 0. The van der Waals surface area contributed by atoms with Crippen molar-refractivity contribution in [2.45, 2.75) is 7.43 Å². The van der Waals surface area contributed by atoms with Crippen LogP contribution in [0, 0.1) is 0 Å². The number of aromatic nitrogens is 4. The number of fused-ring (bicyclic) bond motifs is 1. The van der Waals surface area contributed by atoms with Gasteiger partial charge in [-0.15, -0.1) is 0 Å². The topological polar surface area (TPSA) is 54.5 Å². The molecule has 1 N–H and O–H groups in total. The third kappa shape index (κ3) is 1.23. The number of rotatable bonds is 0. The fourth-order valence-corrected chi connectivity index (χ4v) is 1.28. The second kappa shape index (κ2) is 3.25. The molecule has 0 atom stereocenters. The van der Waals surface area contributed by atoms with Crippen molar-refractivity contribution >= 4 is 34.2 Å². The Labute approximate surface area is 78.9 Å². The highest BCUT2D eigenvalue weighted by Crippen LogP contribution is 2.23. The van der Waals surface area contributed by atoms with Crippen molar-refractivity contribution < 1.29 is 0 Å². The van der Waals surface area contributed by atoms with Gasteiger partial charge in [0.2, 0.25) is 0 Å². The number of hydrogen-bond donors (Lipinski definition) is 1. The predicted octanol–water partition coefficient (Wildman–Crippen LogP) is 2.30. The molecule has 2 aromatic heterocycles. The molecule has 4 nitrogen and oxygen atoms in total. The molecule has 0 spiro atoms. The lowest BCUT2D eigenvalue weighted by Gasteiger charge is -1.88. The standard InChI is InChI=1S/C5H2Cl2N4.CH4/c6-3-2-4(7)10-11-5(2)9-1-8-3;/h1H,(H,8,9,10,11);1H4. The van der Waals surface area contributed by atoms with Crippen LogP contribution in [-0.4, -0.2) is 20.2 Å². The highest BCUT2D eigenvalue weighted by Gasteiger charge is 2.07. The summed E-state index contributed by atoms with van der Waals surface area (Å²) in [6, 6.07) is 0. The van der Waals surface area contributed by atoms with Crippen LogP contribution in [0.5, 0.6) is 0 Å². The van der Waals surface area contributed by atoms with E-state index in [4.69, 9.17) is 23.2 Å². The smallest absolute Gasteiger partial charge is 0.163 e. The normalized spacial score (nSPS) is 9.83. The summed E-state index contributed by atoms with van der Waals surface area (Å²) in [5.41, 5.74) is 0.551. The van der Waals surface area contributed by atoms with Crippen molar-refractivity contribution in [3.8, 4) is 0 Å². The molecule has 2 heterocycles.